The van der Waals surface area contributed by atoms with Crippen molar-refractivity contribution >= 4 is 21.9 Å². The molecule has 0 saturated heterocycles. The fraction of sp³-hybridized carbons (Fsp3) is 0.500. The lowest BCUT2D eigenvalue weighted by Gasteiger charge is -2.23. The van der Waals surface area contributed by atoms with Gasteiger partial charge in [0.25, 0.3) is 10.0 Å². The maximum absolute atomic E-state index is 12.0. The van der Waals surface area contributed by atoms with Crippen molar-refractivity contribution in [2.45, 2.75) is 44.4 Å². The van der Waals surface area contributed by atoms with E-state index in [9.17, 15) is 18.0 Å². The highest BCUT2D eigenvalue weighted by atomic mass is 32.2. The number of hydrogen-bond donors (Lipinski definition) is 3. The Morgan fingerprint density at radius 2 is 1.86 bits per heavy atom. The van der Waals surface area contributed by atoms with E-state index in [0.29, 0.717) is 0 Å². The van der Waals surface area contributed by atoms with E-state index in [-0.39, 0.29) is 0 Å². The van der Waals surface area contributed by atoms with Crippen molar-refractivity contribution in [3.05, 3.63) is 17.9 Å². The first-order valence-corrected chi connectivity index (χ1v) is 7.58. The summed E-state index contributed by atoms with van der Waals surface area (Å²) in [5, 5.41) is 10.8. The van der Waals surface area contributed by atoms with Crippen LogP contribution in [-0.2, 0) is 14.8 Å². The number of carbonyl (C=O) groups is 2. The van der Waals surface area contributed by atoms with E-state index in [1.54, 1.807) is 20.8 Å². The lowest BCUT2D eigenvalue weighted by molar-refractivity contribution is -0.123. The molecule has 1 heterocycles. The predicted octanol–water partition coefficient (Wildman–Crippen LogP) is 0.559. The van der Waals surface area contributed by atoms with Crippen LogP contribution in [-0.4, -0.2) is 37.0 Å². The van der Waals surface area contributed by atoms with Crippen molar-refractivity contribution in [3.8, 4) is 0 Å². The quantitative estimate of drug-likeness (QED) is 0.728. The van der Waals surface area contributed by atoms with Gasteiger partial charge in [0.1, 0.15) is 0 Å². The Bertz CT molecular complexity index is 641. The number of hydrogen-bond acceptors (Lipinski definition) is 5. The second-order valence-corrected chi connectivity index (χ2v) is 7.15. The molecule has 0 bridgehead atoms. The van der Waals surface area contributed by atoms with E-state index in [2.05, 4.69) is 10.0 Å². The van der Waals surface area contributed by atoms with Crippen molar-refractivity contribution in [1.29, 1.82) is 0 Å². The summed E-state index contributed by atoms with van der Waals surface area (Å²) in [5.74, 6) is -2.38. The molecule has 1 unspecified atom stereocenters. The van der Waals surface area contributed by atoms with Crippen LogP contribution in [0.15, 0.2) is 21.6 Å². The molecule has 1 amide bonds. The summed E-state index contributed by atoms with van der Waals surface area (Å²) in [6, 6.07) is 1.00. The van der Waals surface area contributed by atoms with Gasteiger partial charge in [-0.2, -0.15) is 4.72 Å². The van der Waals surface area contributed by atoms with Gasteiger partial charge in [-0.05, 0) is 39.8 Å². The van der Waals surface area contributed by atoms with Gasteiger partial charge in [0.05, 0.1) is 6.04 Å². The maximum Gasteiger partial charge on any atom is 0.371 e. The first-order chi connectivity index (χ1) is 9.42. The summed E-state index contributed by atoms with van der Waals surface area (Å²) in [5.41, 5.74) is -0.502. The molecule has 0 aliphatic heterocycles. The smallest absolute Gasteiger partial charge is 0.371 e. The van der Waals surface area contributed by atoms with Gasteiger partial charge in [0, 0.05) is 5.54 Å². The van der Waals surface area contributed by atoms with Crippen molar-refractivity contribution in [2.75, 3.05) is 0 Å². The second kappa shape index (κ2) is 5.86. The van der Waals surface area contributed by atoms with Crippen LogP contribution in [0.4, 0.5) is 0 Å². The fourth-order valence-corrected chi connectivity index (χ4v) is 2.54. The van der Waals surface area contributed by atoms with Crippen molar-refractivity contribution < 1.29 is 27.5 Å². The summed E-state index contributed by atoms with van der Waals surface area (Å²) in [6.07, 6.45) is 0. The second-order valence-electron chi connectivity index (χ2n) is 5.51. The van der Waals surface area contributed by atoms with Gasteiger partial charge >= 0.3 is 5.97 Å². The number of nitrogens with one attached hydrogen (secondary N) is 2. The summed E-state index contributed by atoms with van der Waals surface area (Å²) in [7, 11) is -4.11. The highest BCUT2D eigenvalue weighted by Crippen LogP contribution is 2.14. The van der Waals surface area contributed by atoms with Crippen LogP contribution < -0.4 is 10.0 Å². The minimum Gasteiger partial charge on any atom is -0.475 e. The Kier molecular flexibility index (Phi) is 4.79. The molecule has 0 fully saturated rings. The molecular weight excluding hydrogens is 300 g/mol. The molecule has 3 N–H and O–H groups in total. The standard InChI is InChI=1S/C12H18N2O6S/c1-7(10(15)13-12(2,3)4)14-21(18,19)9-6-5-8(20-9)11(16)17/h5-7,14H,1-4H3,(H,13,15)(H,16,17). The summed E-state index contributed by atoms with van der Waals surface area (Å²) in [6.45, 7) is 6.66. The Hall–Kier alpha value is -1.87. The van der Waals surface area contributed by atoms with E-state index < -0.39 is 44.3 Å². The minimum absolute atomic E-state index is 0.498. The van der Waals surface area contributed by atoms with Crippen LogP contribution in [0.3, 0.4) is 0 Å². The number of aromatic carboxylic acids is 1. The lowest BCUT2D eigenvalue weighted by atomic mass is 10.1. The molecule has 21 heavy (non-hydrogen) atoms. The van der Waals surface area contributed by atoms with E-state index >= 15 is 0 Å². The van der Waals surface area contributed by atoms with Gasteiger partial charge in [-0.3, -0.25) is 4.79 Å². The van der Waals surface area contributed by atoms with Crippen LogP contribution in [0.2, 0.25) is 0 Å². The third-order valence-corrected chi connectivity index (χ3v) is 3.69. The van der Waals surface area contributed by atoms with Crippen molar-refractivity contribution in [2.24, 2.45) is 0 Å². The molecule has 9 heteroatoms. The van der Waals surface area contributed by atoms with E-state index in [0.717, 1.165) is 12.1 Å². The zero-order valence-corrected chi connectivity index (χ0v) is 12.9. The SMILES string of the molecule is CC(NS(=O)(=O)c1ccc(C(=O)O)o1)C(=O)NC(C)(C)C. The summed E-state index contributed by atoms with van der Waals surface area (Å²) < 4.78 is 30.8. The van der Waals surface area contributed by atoms with Gasteiger partial charge in [0.15, 0.2) is 0 Å². The number of rotatable bonds is 5. The van der Waals surface area contributed by atoms with E-state index in [1.807, 2.05) is 0 Å². The Labute approximate surface area is 122 Å². The summed E-state index contributed by atoms with van der Waals surface area (Å²) in [4.78, 5) is 22.5. The van der Waals surface area contributed by atoms with Gasteiger partial charge in [-0.1, -0.05) is 0 Å². The predicted molar refractivity (Wildman–Crippen MR) is 73.3 cm³/mol. The first-order valence-electron chi connectivity index (χ1n) is 6.10. The first kappa shape index (κ1) is 17.2. The van der Waals surface area contributed by atoms with Gasteiger partial charge in [0.2, 0.25) is 16.8 Å². The molecule has 8 nitrogen and oxygen atoms in total. The molecule has 0 saturated carbocycles. The van der Waals surface area contributed by atoms with Crippen molar-refractivity contribution in [1.82, 2.24) is 10.0 Å². The van der Waals surface area contributed by atoms with Crippen LogP contribution in [0.1, 0.15) is 38.2 Å². The Morgan fingerprint density at radius 3 is 2.29 bits per heavy atom. The van der Waals surface area contributed by atoms with Crippen LogP contribution in [0, 0.1) is 0 Å². The van der Waals surface area contributed by atoms with Crippen LogP contribution in [0.25, 0.3) is 0 Å². The zero-order valence-electron chi connectivity index (χ0n) is 12.1. The molecule has 1 aromatic heterocycles. The highest BCUT2D eigenvalue weighted by molar-refractivity contribution is 7.89. The molecule has 0 radical (unpaired) electrons. The maximum atomic E-state index is 12.0. The lowest BCUT2D eigenvalue weighted by Crippen LogP contribution is -2.50. The third kappa shape index (κ3) is 4.87. The number of furan rings is 1. The molecular formula is C12H18N2O6S. The fourth-order valence-electron chi connectivity index (χ4n) is 1.40. The minimum atomic E-state index is -4.11. The summed E-state index contributed by atoms with van der Waals surface area (Å²) >= 11 is 0. The molecule has 1 atom stereocenters. The van der Waals surface area contributed by atoms with Crippen LogP contribution in [0.5, 0.6) is 0 Å². The van der Waals surface area contributed by atoms with Crippen molar-refractivity contribution in [3.63, 3.8) is 0 Å². The Morgan fingerprint density at radius 1 is 1.29 bits per heavy atom. The van der Waals surface area contributed by atoms with Gasteiger partial charge in [-0.25, -0.2) is 13.2 Å². The van der Waals surface area contributed by atoms with Gasteiger partial charge in [-0.15, -0.1) is 0 Å². The largest absolute Gasteiger partial charge is 0.475 e. The van der Waals surface area contributed by atoms with Gasteiger partial charge < -0.3 is 14.8 Å². The monoisotopic (exact) mass is 318 g/mol. The average Bonchev–Trinajstić information content (AvgIpc) is 2.75. The molecule has 0 aliphatic rings. The molecule has 118 valence electrons. The number of carbonyl (C=O) groups excluding carboxylic acids is 1. The van der Waals surface area contributed by atoms with Crippen LogP contribution >= 0.6 is 0 Å². The Balaban J connectivity index is 2.84. The molecule has 1 aromatic rings. The zero-order chi connectivity index (χ0) is 16.4. The number of carboxylic acids is 1. The number of carboxylic acid groups (broad SMARTS) is 1. The number of amides is 1. The molecule has 0 aliphatic carbocycles. The normalized spacial score (nSPS) is 13.7. The van der Waals surface area contributed by atoms with E-state index in [4.69, 9.17) is 9.52 Å². The highest BCUT2D eigenvalue weighted by Gasteiger charge is 2.27. The number of sulfonamides is 1. The topological polar surface area (TPSA) is 126 Å². The molecule has 0 aromatic carbocycles. The van der Waals surface area contributed by atoms with E-state index in [1.165, 1.54) is 6.92 Å². The molecule has 1 rings (SSSR count). The third-order valence-electron chi connectivity index (χ3n) is 2.28. The molecule has 0 spiro atoms. The average molecular weight is 318 g/mol.